The molecule has 1 aromatic carbocycles. The molecule has 3 nitrogen and oxygen atoms in total. The Morgan fingerprint density at radius 3 is 2.53 bits per heavy atom. The number of rotatable bonds is 3. The molecule has 5 heteroatoms. The van der Waals surface area contributed by atoms with Crippen molar-refractivity contribution in [3.8, 4) is 0 Å². The number of guanidine groups is 1. The van der Waals surface area contributed by atoms with Crippen LogP contribution in [0.4, 0.5) is 0 Å². The number of aliphatic imine (C=N–C) groups is 1. The molecule has 2 N–H and O–H groups in total. The van der Waals surface area contributed by atoms with Crippen LogP contribution in [-0.4, -0.2) is 23.9 Å². The lowest BCUT2D eigenvalue weighted by atomic mass is 10.2. The van der Waals surface area contributed by atoms with Crippen molar-refractivity contribution in [1.29, 1.82) is 0 Å². The normalized spacial score (nSPS) is 15.3. The average molecular weight is 366 g/mol. The Labute approximate surface area is 124 Å². The zero-order valence-corrected chi connectivity index (χ0v) is 12.9. The third kappa shape index (κ3) is 4.35. The van der Waals surface area contributed by atoms with Crippen molar-refractivity contribution in [3.05, 3.63) is 34.9 Å². The van der Waals surface area contributed by atoms with Gasteiger partial charge < -0.3 is 10.6 Å². The van der Waals surface area contributed by atoms with Crippen molar-refractivity contribution in [2.24, 2.45) is 10.7 Å². The molecule has 1 aromatic rings. The molecular weight excluding hydrogens is 349 g/mol. The van der Waals surface area contributed by atoms with Gasteiger partial charge in [0.25, 0.3) is 0 Å². The summed E-state index contributed by atoms with van der Waals surface area (Å²) in [6.45, 7) is 0.611. The molecule has 1 aliphatic carbocycles. The highest BCUT2D eigenvalue weighted by Crippen LogP contribution is 2.24. The molecule has 0 bridgehead atoms. The third-order valence-electron chi connectivity index (χ3n) is 2.79. The first-order chi connectivity index (χ1) is 7.66. The van der Waals surface area contributed by atoms with Crippen LogP contribution in [0.15, 0.2) is 29.3 Å². The summed E-state index contributed by atoms with van der Waals surface area (Å²) in [6, 6.07) is 8.28. The summed E-state index contributed by atoms with van der Waals surface area (Å²) in [5.74, 6) is 0.623. The Balaban J connectivity index is 0.00000144. The molecule has 1 saturated carbocycles. The quantitative estimate of drug-likeness (QED) is 0.508. The van der Waals surface area contributed by atoms with Crippen molar-refractivity contribution in [3.63, 3.8) is 0 Å². The van der Waals surface area contributed by atoms with Crippen LogP contribution < -0.4 is 5.73 Å². The number of hydrogen-bond donors (Lipinski definition) is 1. The third-order valence-corrected chi connectivity index (χ3v) is 3.04. The second-order valence-corrected chi connectivity index (χ2v) is 4.58. The highest BCUT2D eigenvalue weighted by atomic mass is 127. The molecule has 94 valence electrons. The maximum Gasteiger partial charge on any atom is 0.191 e. The Morgan fingerprint density at radius 2 is 2.00 bits per heavy atom. The standard InChI is InChI=1S/C12H16ClN3.HI/c1-16(11-6-7-11)12(14)15-8-9-2-4-10(13)5-3-9;/h2-5,11H,6-8H2,1H3,(H2,14,15);1H. The Morgan fingerprint density at radius 1 is 1.41 bits per heavy atom. The van der Waals surface area contributed by atoms with Crippen LogP contribution in [0, 0.1) is 0 Å². The highest BCUT2D eigenvalue weighted by Gasteiger charge is 2.27. The first kappa shape index (κ1) is 14.6. The van der Waals surface area contributed by atoms with E-state index in [-0.39, 0.29) is 24.0 Å². The summed E-state index contributed by atoms with van der Waals surface area (Å²) in [4.78, 5) is 6.41. The van der Waals surface area contributed by atoms with Gasteiger partial charge in [-0.05, 0) is 30.5 Å². The SMILES string of the molecule is CN(C(N)=NCc1ccc(Cl)cc1)C1CC1.I. The number of nitrogens with zero attached hydrogens (tertiary/aromatic N) is 2. The summed E-state index contributed by atoms with van der Waals surface area (Å²) in [5.41, 5.74) is 7.01. The fourth-order valence-electron chi connectivity index (χ4n) is 1.52. The number of halogens is 2. The van der Waals surface area contributed by atoms with Crippen LogP contribution >= 0.6 is 35.6 Å². The fourth-order valence-corrected chi connectivity index (χ4v) is 1.65. The van der Waals surface area contributed by atoms with Gasteiger partial charge in [0.2, 0.25) is 0 Å². The van der Waals surface area contributed by atoms with Crippen molar-refractivity contribution in [2.75, 3.05) is 7.05 Å². The fraction of sp³-hybridized carbons (Fsp3) is 0.417. The van der Waals surface area contributed by atoms with Crippen molar-refractivity contribution < 1.29 is 0 Å². The summed E-state index contributed by atoms with van der Waals surface area (Å²) in [7, 11) is 2.00. The molecule has 17 heavy (non-hydrogen) atoms. The summed E-state index contributed by atoms with van der Waals surface area (Å²) in [6.07, 6.45) is 2.46. The van der Waals surface area contributed by atoms with Crippen LogP contribution in [-0.2, 0) is 6.54 Å². The van der Waals surface area contributed by atoms with E-state index in [0.29, 0.717) is 18.5 Å². The highest BCUT2D eigenvalue weighted by molar-refractivity contribution is 14.0. The molecule has 0 radical (unpaired) electrons. The molecule has 0 unspecified atom stereocenters. The second kappa shape index (κ2) is 6.44. The average Bonchev–Trinajstić information content (AvgIpc) is 3.11. The van der Waals surface area contributed by atoms with Gasteiger partial charge >= 0.3 is 0 Å². The number of nitrogens with two attached hydrogens (primary N) is 1. The first-order valence-electron chi connectivity index (χ1n) is 5.44. The molecule has 0 aliphatic heterocycles. The molecule has 0 saturated heterocycles. The van der Waals surface area contributed by atoms with Gasteiger partial charge in [-0.2, -0.15) is 0 Å². The Kier molecular flexibility index (Phi) is 5.52. The van der Waals surface area contributed by atoms with Gasteiger partial charge in [0.05, 0.1) is 6.54 Å². The van der Waals surface area contributed by atoms with Crippen LogP contribution in [0.2, 0.25) is 5.02 Å². The Bertz CT molecular complexity index is 387. The maximum atomic E-state index is 5.89. The summed E-state index contributed by atoms with van der Waals surface area (Å²) >= 11 is 5.81. The molecule has 0 atom stereocenters. The van der Waals surface area contributed by atoms with E-state index in [1.807, 2.05) is 31.3 Å². The van der Waals surface area contributed by atoms with Crippen LogP contribution in [0.1, 0.15) is 18.4 Å². The predicted molar refractivity (Wildman–Crippen MR) is 83.0 cm³/mol. The minimum atomic E-state index is 0. The van der Waals surface area contributed by atoms with E-state index in [2.05, 4.69) is 9.89 Å². The van der Waals surface area contributed by atoms with Gasteiger partial charge in [-0.1, -0.05) is 23.7 Å². The van der Waals surface area contributed by atoms with Crippen LogP contribution in [0.25, 0.3) is 0 Å². The van der Waals surface area contributed by atoms with Gasteiger partial charge in [-0.15, -0.1) is 24.0 Å². The van der Waals surface area contributed by atoms with Gasteiger partial charge in [-0.25, -0.2) is 4.99 Å². The molecule has 2 rings (SSSR count). The van der Waals surface area contributed by atoms with Crippen molar-refractivity contribution >= 4 is 41.5 Å². The van der Waals surface area contributed by atoms with Crippen LogP contribution in [0.3, 0.4) is 0 Å². The lowest BCUT2D eigenvalue weighted by Gasteiger charge is -2.16. The van der Waals surface area contributed by atoms with Gasteiger partial charge in [0.15, 0.2) is 5.96 Å². The maximum absolute atomic E-state index is 5.89. The van der Waals surface area contributed by atoms with Crippen LogP contribution in [0.5, 0.6) is 0 Å². The molecule has 1 aliphatic rings. The van der Waals surface area contributed by atoms with Crippen molar-refractivity contribution in [1.82, 2.24) is 4.90 Å². The monoisotopic (exact) mass is 365 g/mol. The predicted octanol–water partition coefficient (Wildman–Crippen LogP) is 2.87. The second-order valence-electron chi connectivity index (χ2n) is 4.14. The topological polar surface area (TPSA) is 41.6 Å². The minimum Gasteiger partial charge on any atom is -0.370 e. The smallest absolute Gasteiger partial charge is 0.191 e. The summed E-state index contributed by atoms with van der Waals surface area (Å²) < 4.78 is 0. The van der Waals surface area contributed by atoms with Crippen molar-refractivity contribution in [2.45, 2.75) is 25.4 Å². The van der Waals surface area contributed by atoms with E-state index in [4.69, 9.17) is 17.3 Å². The minimum absolute atomic E-state index is 0. The zero-order valence-electron chi connectivity index (χ0n) is 9.77. The van der Waals surface area contributed by atoms with E-state index < -0.39 is 0 Å². The number of hydrogen-bond acceptors (Lipinski definition) is 1. The largest absolute Gasteiger partial charge is 0.370 e. The molecule has 0 amide bonds. The van der Waals surface area contributed by atoms with E-state index in [0.717, 1.165) is 10.6 Å². The lowest BCUT2D eigenvalue weighted by Crippen LogP contribution is -2.35. The first-order valence-corrected chi connectivity index (χ1v) is 5.82. The Hall–Kier alpha value is -0.490. The van der Waals surface area contributed by atoms with E-state index in [1.165, 1.54) is 12.8 Å². The van der Waals surface area contributed by atoms with Gasteiger partial charge in [-0.3, -0.25) is 0 Å². The van der Waals surface area contributed by atoms with Gasteiger partial charge in [0.1, 0.15) is 0 Å². The molecule has 0 spiro atoms. The zero-order chi connectivity index (χ0) is 11.5. The molecule has 1 fully saturated rings. The molecule has 0 aromatic heterocycles. The lowest BCUT2D eigenvalue weighted by molar-refractivity contribution is 0.487. The molecule has 0 heterocycles. The molecular formula is C12H17ClIN3. The van der Waals surface area contributed by atoms with E-state index in [9.17, 15) is 0 Å². The van der Waals surface area contributed by atoms with E-state index >= 15 is 0 Å². The number of benzene rings is 1. The summed E-state index contributed by atoms with van der Waals surface area (Å²) in [5, 5.41) is 0.746. The van der Waals surface area contributed by atoms with Gasteiger partial charge in [0, 0.05) is 18.1 Å². The van der Waals surface area contributed by atoms with E-state index in [1.54, 1.807) is 0 Å².